The van der Waals surface area contributed by atoms with Crippen LogP contribution in [0.2, 0.25) is 0 Å². The van der Waals surface area contributed by atoms with Gasteiger partial charge in [-0.2, -0.15) is 0 Å². The van der Waals surface area contributed by atoms with Crippen molar-refractivity contribution < 1.29 is 22.7 Å². The summed E-state index contributed by atoms with van der Waals surface area (Å²) in [4.78, 5) is 13.2. The molecule has 1 aliphatic heterocycles. The molecule has 0 aliphatic carbocycles. The molecule has 8 heteroatoms. The average Bonchev–Trinajstić information content (AvgIpc) is 2.79. The zero-order chi connectivity index (χ0) is 22.7. The molecule has 1 N–H and O–H groups in total. The summed E-state index contributed by atoms with van der Waals surface area (Å²) < 4.78 is 39.1. The molecule has 0 saturated heterocycles. The number of nitrogens with one attached hydrogen (secondary N) is 1. The molecule has 0 radical (unpaired) electrons. The Hall–Kier alpha value is -3.36. The highest BCUT2D eigenvalue weighted by molar-refractivity contribution is 7.92. The van der Waals surface area contributed by atoms with Crippen molar-refractivity contribution in [2.75, 3.05) is 23.3 Å². The lowest BCUT2D eigenvalue weighted by Gasteiger charge is -2.34. The quantitative estimate of drug-likeness (QED) is 0.616. The minimum atomic E-state index is -3.89. The van der Waals surface area contributed by atoms with Gasteiger partial charge in [0.25, 0.3) is 15.9 Å². The first kappa shape index (κ1) is 21.9. The highest BCUT2D eigenvalue weighted by Crippen LogP contribution is 2.37. The number of sulfonamides is 1. The molecular weight excluding hydrogens is 428 g/mol. The van der Waals surface area contributed by atoms with Crippen LogP contribution in [-0.4, -0.2) is 34.1 Å². The molecule has 7 nitrogen and oxygen atoms in total. The Morgan fingerprint density at radius 2 is 1.84 bits per heavy atom. The van der Waals surface area contributed by atoms with Gasteiger partial charge in [0.05, 0.1) is 23.7 Å². The smallest absolute Gasteiger partial charge is 0.267 e. The van der Waals surface area contributed by atoms with Crippen LogP contribution in [0.3, 0.4) is 0 Å². The Morgan fingerprint density at radius 3 is 2.59 bits per heavy atom. The molecule has 1 amide bonds. The van der Waals surface area contributed by atoms with E-state index in [1.807, 2.05) is 19.1 Å². The average molecular weight is 453 g/mol. The van der Waals surface area contributed by atoms with Gasteiger partial charge in [0.1, 0.15) is 5.75 Å². The van der Waals surface area contributed by atoms with Crippen molar-refractivity contribution in [1.82, 2.24) is 0 Å². The van der Waals surface area contributed by atoms with Crippen LogP contribution in [0.15, 0.2) is 77.7 Å². The van der Waals surface area contributed by atoms with E-state index in [0.29, 0.717) is 23.7 Å². The predicted octanol–water partition coefficient (Wildman–Crippen LogP) is 3.74. The van der Waals surface area contributed by atoms with Gasteiger partial charge >= 0.3 is 0 Å². The number of ether oxygens (including phenoxy) is 2. The van der Waals surface area contributed by atoms with Gasteiger partial charge < -0.3 is 14.8 Å². The van der Waals surface area contributed by atoms with Gasteiger partial charge in [-0.1, -0.05) is 42.0 Å². The number of benzene rings is 3. The third-order valence-electron chi connectivity index (χ3n) is 5.14. The van der Waals surface area contributed by atoms with Crippen molar-refractivity contribution in [3.8, 4) is 5.75 Å². The summed E-state index contributed by atoms with van der Waals surface area (Å²) in [5, 5.41) is 2.82. The summed E-state index contributed by atoms with van der Waals surface area (Å²) in [5.41, 5.74) is 2.85. The second-order valence-corrected chi connectivity index (χ2v) is 9.41. The lowest BCUT2D eigenvalue weighted by atomic mass is 10.2. The number of para-hydroxylation sites is 2. The fourth-order valence-electron chi connectivity index (χ4n) is 3.53. The normalized spacial score (nSPS) is 15.6. The molecule has 0 spiro atoms. The van der Waals surface area contributed by atoms with Crippen molar-refractivity contribution >= 4 is 27.3 Å². The third-order valence-corrected chi connectivity index (χ3v) is 6.94. The molecule has 1 heterocycles. The van der Waals surface area contributed by atoms with E-state index < -0.39 is 22.0 Å². The van der Waals surface area contributed by atoms with Crippen LogP contribution < -0.4 is 14.4 Å². The summed E-state index contributed by atoms with van der Waals surface area (Å²) in [6.45, 7) is 2.17. The van der Waals surface area contributed by atoms with Gasteiger partial charge in [-0.25, -0.2) is 8.42 Å². The molecule has 0 bridgehead atoms. The van der Waals surface area contributed by atoms with E-state index in [1.165, 1.54) is 4.31 Å². The Morgan fingerprint density at radius 1 is 1.09 bits per heavy atom. The maximum atomic E-state index is 13.4. The molecule has 0 unspecified atom stereocenters. The topological polar surface area (TPSA) is 84.9 Å². The Kier molecular flexibility index (Phi) is 6.16. The molecule has 3 aromatic rings. The number of amides is 1. The number of hydrogen-bond donors (Lipinski definition) is 1. The predicted molar refractivity (Wildman–Crippen MR) is 122 cm³/mol. The van der Waals surface area contributed by atoms with Gasteiger partial charge in [0.2, 0.25) is 0 Å². The largest absolute Gasteiger partial charge is 0.476 e. The van der Waals surface area contributed by atoms with Gasteiger partial charge in [-0.15, -0.1) is 0 Å². The maximum Gasteiger partial charge on any atom is 0.267 e. The fraction of sp³-hybridized carbons (Fsp3) is 0.208. The number of fused-ring (bicyclic) bond motifs is 1. The summed E-state index contributed by atoms with van der Waals surface area (Å²) in [6.07, 6.45) is -1.02. The molecule has 1 atom stereocenters. The molecule has 0 fully saturated rings. The van der Waals surface area contributed by atoms with Crippen molar-refractivity contribution in [2.45, 2.75) is 24.5 Å². The monoisotopic (exact) mass is 452 g/mol. The van der Waals surface area contributed by atoms with Crippen molar-refractivity contribution in [3.05, 3.63) is 83.9 Å². The minimum Gasteiger partial charge on any atom is -0.476 e. The van der Waals surface area contributed by atoms with E-state index in [1.54, 1.807) is 67.8 Å². The number of carbonyl (C=O) groups excluding carboxylic acids is 1. The minimum absolute atomic E-state index is 0.142. The standard InChI is InChI=1S/C24H24N2O5S/c1-17-10-12-20(13-11-17)32(28,29)26-15-23(31-22-9-4-3-8-21(22)26)24(27)25-19-7-5-6-18(14-19)16-30-2/h3-14,23H,15-16H2,1-2H3,(H,25,27)/t23-/m0/s1. The molecule has 166 valence electrons. The van der Waals surface area contributed by atoms with Crippen LogP contribution >= 0.6 is 0 Å². The summed E-state index contributed by atoms with van der Waals surface area (Å²) in [5.74, 6) is -0.0964. The van der Waals surface area contributed by atoms with E-state index >= 15 is 0 Å². The van der Waals surface area contributed by atoms with Crippen molar-refractivity contribution in [2.24, 2.45) is 0 Å². The third kappa shape index (κ3) is 4.46. The van der Waals surface area contributed by atoms with E-state index in [4.69, 9.17) is 9.47 Å². The van der Waals surface area contributed by atoms with Gasteiger partial charge in [0.15, 0.2) is 6.10 Å². The van der Waals surface area contributed by atoms with Crippen LogP contribution in [-0.2, 0) is 26.2 Å². The maximum absolute atomic E-state index is 13.4. The van der Waals surface area contributed by atoms with E-state index in [2.05, 4.69) is 5.32 Å². The zero-order valence-corrected chi connectivity index (χ0v) is 18.6. The van der Waals surface area contributed by atoms with Crippen LogP contribution in [0, 0.1) is 6.92 Å². The van der Waals surface area contributed by atoms with Gasteiger partial charge in [-0.3, -0.25) is 9.10 Å². The number of nitrogens with zero attached hydrogens (tertiary/aromatic N) is 1. The molecule has 3 aromatic carbocycles. The number of hydrogen-bond acceptors (Lipinski definition) is 5. The number of anilines is 2. The van der Waals surface area contributed by atoms with Crippen LogP contribution in [0.1, 0.15) is 11.1 Å². The Labute approximate surface area is 187 Å². The number of aryl methyl sites for hydroxylation is 1. The number of carbonyl (C=O) groups is 1. The second-order valence-electron chi connectivity index (χ2n) is 7.55. The zero-order valence-electron chi connectivity index (χ0n) is 17.8. The lowest BCUT2D eigenvalue weighted by molar-refractivity contribution is -0.122. The van der Waals surface area contributed by atoms with E-state index in [-0.39, 0.29) is 11.4 Å². The van der Waals surface area contributed by atoms with Gasteiger partial charge in [-0.05, 0) is 48.9 Å². The highest BCUT2D eigenvalue weighted by atomic mass is 32.2. The first-order valence-corrected chi connectivity index (χ1v) is 11.6. The Bertz CT molecular complexity index is 1230. The number of methoxy groups -OCH3 is 1. The van der Waals surface area contributed by atoms with Crippen LogP contribution in [0.5, 0.6) is 5.75 Å². The molecule has 0 aromatic heterocycles. The first-order chi connectivity index (χ1) is 15.4. The molecule has 4 rings (SSSR count). The van der Waals surface area contributed by atoms with Crippen LogP contribution in [0.4, 0.5) is 11.4 Å². The van der Waals surface area contributed by atoms with E-state index in [9.17, 15) is 13.2 Å². The first-order valence-electron chi connectivity index (χ1n) is 10.1. The molecule has 0 saturated carbocycles. The Balaban J connectivity index is 1.63. The van der Waals surface area contributed by atoms with Crippen molar-refractivity contribution in [1.29, 1.82) is 0 Å². The highest BCUT2D eigenvalue weighted by Gasteiger charge is 2.37. The van der Waals surface area contributed by atoms with E-state index in [0.717, 1.165) is 11.1 Å². The molecular formula is C24H24N2O5S. The van der Waals surface area contributed by atoms with Crippen molar-refractivity contribution in [3.63, 3.8) is 0 Å². The fourth-order valence-corrected chi connectivity index (χ4v) is 5.01. The molecule has 1 aliphatic rings. The lowest BCUT2D eigenvalue weighted by Crippen LogP contribution is -2.48. The SMILES string of the molecule is COCc1cccc(NC(=O)[C@@H]2CN(S(=O)(=O)c3ccc(C)cc3)c3ccccc3O2)c1. The summed E-state index contributed by atoms with van der Waals surface area (Å²) in [7, 11) is -2.29. The molecule has 32 heavy (non-hydrogen) atoms. The van der Waals surface area contributed by atoms with Crippen LogP contribution in [0.25, 0.3) is 0 Å². The second kappa shape index (κ2) is 9.02. The summed E-state index contributed by atoms with van der Waals surface area (Å²) >= 11 is 0. The number of rotatable bonds is 6. The summed E-state index contributed by atoms with van der Waals surface area (Å²) in [6, 6.07) is 20.7. The van der Waals surface area contributed by atoms with Gasteiger partial charge in [0, 0.05) is 12.8 Å².